The van der Waals surface area contributed by atoms with Crippen molar-refractivity contribution < 1.29 is 13.7 Å². The summed E-state index contributed by atoms with van der Waals surface area (Å²) in [6.07, 6.45) is 0.672. The number of para-hydroxylation sites is 1. The van der Waals surface area contributed by atoms with Gasteiger partial charge in [-0.05, 0) is 30.5 Å². The van der Waals surface area contributed by atoms with Crippen LogP contribution < -0.4 is 5.32 Å². The number of carbonyl (C=O) groups excluding carboxylic acids is 1. The molecule has 3 aromatic heterocycles. The van der Waals surface area contributed by atoms with Gasteiger partial charge in [-0.3, -0.25) is 4.79 Å². The molecule has 0 radical (unpaired) electrons. The quantitative estimate of drug-likeness (QED) is 0.548. The van der Waals surface area contributed by atoms with Gasteiger partial charge in [-0.15, -0.1) is 0 Å². The molecule has 4 aromatic rings. The van der Waals surface area contributed by atoms with Crippen molar-refractivity contribution in [3.63, 3.8) is 0 Å². The second-order valence-electron chi connectivity index (χ2n) is 6.00. The Morgan fingerprint density at radius 1 is 1.31 bits per heavy atom. The topological polar surface area (TPSA) is 81.2 Å². The predicted molar refractivity (Wildman–Crippen MR) is 98.7 cm³/mol. The van der Waals surface area contributed by atoms with Gasteiger partial charge < -0.3 is 14.3 Å². The lowest BCUT2D eigenvalue weighted by molar-refractivity contribution is -0.121. The first kappa shape index (κ1) is 16.5. The Balaban J connectivity index is 1.33. The normalized spacial score (nSPS) is 12.3. The molecule has 6 nitrogen and oxygen atoms in total. The van der Waals surface area contributed by atoms with Crippen LogP contribution in [0.4, 0.5) is 0 Å². The molecule has 0 saturated carbocycles. The van der Waals surface area contributed by atoms with E-state index >= 15 is 0 Å². The highest BCUT2D eigenvalue weighted by atomic mass is 32.1. The Kier molecular flexibility index (Phi) is 4.53. The average Bonchev–Trinajstić information content (AvgIpc) is 3.39. The third-order valence-corrected chi connectivity index (χ3v) is 4.75. The number of rotatable bonds is 6. The van der Waals surface area contributed by atoms with E-state index in [-0.39, 0.29) is 18.4 Å². The number of fused-ring (bicyclic) bond motifs is 1. The average molecular weight is 367 g/mol. The number of amides is 1. The highest BCUT2D eigenvalue weighted by molar-refractivity contribution is 7.08. The van der Waals surface area contributed by atoms with Crippen LogP contribution in [0.1, 0.15) is 31.0 Å². The molecule has 0 saturated heterocycles. The minimum Gasteiger partial charge on any atom is -0.459 e. The molecule has 0 aliphatic heterocycles. The maximum absolute atomic E-state index is 12.2. The van der Waals surface area contributed by atoms with E-state index in [1.54, 1.807) is 11.3 Å². The molecule has 0 aliphatic carbocycles. The van der Waals surface area contributed by atoms with Crippen LogP contribution in [0, 0.1) is 0 Å². The van der Waals surface area contributed by atoms with Crippen LogP contribution in [0.15, 0.2) is 56.1 Å². The van der Waals surface area contributed by atoms with Crippen molar-refractivity contribution in [1.82, 2.24) is 15.5 Å². The molecule has 1 atom stereocenters. The van der Waals surface area contributed by atoms with Crippen LogP contribution in [0.3, 0.4) is 0 Å². The van der Waals surface area contributed by atoms with E-state index in [1.807, 2.05) is 54.1 Å². The molecular formula is C19H17N3O3S. The van der Waals surface area contributed by atoms with Crippen LogP contribution in [-0.2, 0) is 11.2 Å². The van der Waals surface area contributed by atoms with Gasteiger partial charge in [0.25, 0.3) is 0 Å². The number of carbonyl (C=O) groups is 1. The molecule has 7 heteroatoms. The van der Waals surface area contributed by atoms with Crippen molar-refractivity contribution in [2.75, 3.05) is 0 Å². The van der Waals surface area contributed by atoms with Gasteiger partial charge >= 0.3 is 0 Å². The van der Waals surface area contributed by atoms with E-state index in [0.29, 0.717) is 18.1 Å². The van der Waals surface area contributed by atoms with Crippen LogP contribution >= 0.6 is 11.3 Å². The molecular weight excluding hydrogens is 350 g/mol. The first-order chi connectivity index (χ1) is 12.7. The van der Waals surface area contributed by atoms with Crippen molar-refractivity contribution in [2.45, 2.75) is 25.8 Å². The third-order valence-electron chi connectivity index (χ3n) is 4.06. The molecule has 0 bridgehead atoms. The van der Waals surface area contributed by atoms with Gasteiger partial charge in [0.1, 0.15) is 11.3 Å². The maximum Gasteiger partial charge on any atom is 0.227 e. The Morgan fingerprint density at radius 2 is 2.19 bits per heavy atom. The van der Waals surface area contributed by atoms with E-state index in [2.05, 4.69) is 15.5 Å². The lowest BCUT2D eigenvalue weighted by atomic mass is 10.2. The van der Waals surface area contributed by atoms with E-state index in [1.165, 1.54) is 0 Å². The monoisotopic (exact) mass is 367 g/mol. The van der Waals surface area contributed by atoms with Crippen molar-refractivity contribution in [1.29, 1.82) is 0 Å². The number of benzene rings is 1. The van der Waals surface area contributed by atoms with Gasteiger partial charge in [-0.1, -0.05) is 23.4 Å². The van der Waals surface area contributed by atoms with Crippen molar-refractivity contribution in [3.05, 3.63) is 58.8 Å². The highest BCUT2D eigenvalue weighted by Crippen LogP contribution is 2.23. The summed E-state index contributed by atoms with van der Waals surface area (Å²) in [5.41, 5.74) is 1.74. The summed E-state index contributed by atoms with van der Waals surface area (Å²) in [6, 6.07) is 11.4. The molecule has 132 valence electrons. The number of nitrogens with one attached hydrogen (secondary N) is 1. The molecule has 1 unspecified atom stereocenters. The van der Waals surface area contributed by atoms with E-state index < -0.39 is 0 Å². The lowest BCUT2D eigenvalue weighted by Gasteiger charge is -2.10. The summed E-state index contributed by atoms with van der Waals surface area (Å²) in [4.78, 5) is 16.5. The summed E-state index contributed by atoms with van der Waals surface area (Å²) in [6.45, 7) is 1.90. The van der Waals surface area contributed by atoms with E-state index in [4.69, 9.17) is 8.94 Å². The fraction of sp³-hybridized carbons (Fsp3) is 0.211. The molecule has 4 rings (SSSR count). The number of nitrogens with zero attached hydrogens (tertiary/aromatic N) is 2. The standard InChI is InChI=1S/C19H17N3O3S/c1-12(16-10-13-4-2-3-5-15(13)24-16)20-17(23)6-7-18-21-19(22-25-18)14-8-9-26-11-14/h2-5,8-12H,6-7H2,1H3,(H,20,23). The van der Waals surface area contributed by atoms with Gasteiger partial charge in [0, 0.05) is 29.2 Å². The summed E-state index contributed by atoms with van der Waals surface area (Å²) in [5.74, 6) is 1.65. The van der Waals surface area contributed by atoms with Gasteiger partial charge in [-0.2, -0.15) is 16.3 Å². The van der Waals surface area contributed by atoms with Gasteiger partial charge in [-0.25, -0.2) is 0 Å². The zero-order valence-corrected chi connectivity index (χ0v) is 15.0. The fourth-order valence-electron chi connectivity index (χ4n) is 2.69. The highest BCUT2D eigenvalue weighted by Gasteiger charge is 2.15. The van der Waals surface area contributed by atoms with Gasteiger partial charge in [0.15, 0.2) is 0 Å². The summed E-state index contributed by atoms with van der Waals surface area (Å²) < 4.78 is 11.0. The number of aryl methyl sites for hydroxylation is 1. The van der Waals surface area contributed by atoms with Gasteiger partial charge in [0.05, 0.1) is 6.04 Å². The molecule has 26 heavy (non-hydrogen) atoms. The molecule has 1 N–H and O–H groups in total. The molecule has 0 fully saturated rings. The second-order valence-corrected chi connectivity index (χ2v) is 6.78. The Bertz CT molecular complexity index is 987. The number of hydrogen-bond acceptors (Lipinski definition) is 6. The summed E-state index contributed by atoms with van der Waals surface area (Å²) >= 11 is 1.57. The van der Waals surface area contributed by atoms with Gasteiger partial charge in [0.2, 0.25) is 17.6 Å². The van der Waals surface area contributed by atoms with Crippen molar-refractivity contribution in [2.24, 2.45) is 0 Å². The third kappa shape index (κ3) is 3.52. The molecule has 1 amide bonds. The summed E-state index contributed by atoms with van der Waals surface area (Å²) in [5, 5.41) is 11.8. The molecule has 0 aliphatic rings. The minimum atomic E-state index is -0.209. The zero-order valence-electron chi connectivity index (χ0n) is 14.1. The lowest BCUT2D eigenvalue weighted by Crippen LogP contribution is -2.26. The Morgan fingerprint density at radius 3 is 3.00 bits per heavy atom. The minimum absolute atomic E-state index is 0.0896. The Labute approximate surface area is 153 Å². The van der Waals surface area contributed by atoms with Crippen LogP contribution in [0.25, 0.3) is 22.4 Å². The number of hydrogen-bond donors (Lipinski definition) is 1. The number of aromatic nitrogens is 2. The number of thiophene rings is 1. The smallest absolute Gasteiger partial charge is 0.227 e. The fourth-order valence-corrected chi connectivity index (χ4v) is 3.32. The zero-order chi connectivity index (χ0) is 17.9. The van der Waals surface area contributed by atoms with E-state index in [9.17, 15) is 4.79 Å². The Hall–Kier alpha value is -2.93. The van der Waals surface area contributed by atoms with Crippen LogP contribution in [0.2, 0.25) is 0 Å². The molecule has 1 aromatic carbocycles. The largest absolute Gasteiger partial charge is 0.459 e. The molecule has 0 spiro atoms. The predicted octanol–water partition coefficient (Wildman–Crippen LogP) is 4.35. The summed E-state index contributed by atoms with van der Waals surface area (Å²) in [7, 11) is 0. The SMILES string of the molecule is CC(NC(=O)CCc1nc(-c2ccsc2)no1)c1cc2ccccc2o1. The number of furan rings is 1. The second kappa shape index (κ2) is 7.13. The van der Waals surface area contributed by atoms with Crippen molar-refractivity contribution in [3.8, 4) is 11.4 Å². The first-order valence-electron chi connectivity index (χ1n) is 8.32. The maximum atomic E-state index is 12.2. The molecule has 3 heterocycles. The first-order valence-corrected chi connectivity index (χ1v) is 9.26. The van der Waals surface area contributed by atoms with Crippen molar-refractivity contribution >= 4 is 28.2 Å². The van der Waals surface area contributed by atoms with E-state index in [0.717, 1.165) is 22.3 Å². The van der Waals surface area contributed by atoms with Crippen LogP contribution in [0.5, 0.6) is 0 Å². The van der Waals surface area contributed by atoms with Crippen LogP contribution in [-0.4, -0.2) is 16.0 Å².